The summed E-state index contributed by atoms with van der Waals surface area (Å²) in [6, 6.07) is 12.6. The van der Waals surface area contributed by atoms with Crippen LogP contribution in [0.3, 0.4) is 0 Å². The summed E-state index contributed by atoms with van der Waals surface area (Å²) in [6.45, 7) is 3.62. The Morgan fingerprint density at radius 3 is 2.39 bits per heavy atom. The van der Waals surface area contributed by atoms with Crippen molar-refractivity contribution in [1.82, 2.24) is 4.98 Å². The van der Waals surface area contributed by atoms with Crippen molar-refractivity contribution in [2.24, 2.45) is 0 Å². The summed E-state index contributed by atoms with van der Waals surface area (Å²) in [5, 5.41) is 0.814. The fourth-order valence-electron chi connectivity index (χ4n) is 3.75. The highest BCUT2D eigenvalue weighted by atomic mass is 32.2. The second-order valence-electron chi connectivity index (χ2n) is 7.22. The van der Waals surface area contributed by atoms with Gasteiger partial charge in [-0.1, -0.05) is 17.7 Å². The maximum Gasteiger partial charge on any atom is 0.210 e. The van der Waals surface area contributed by atoms with Gasteiger partial charge in [-0.25, -0.2) is 8.42 Å². The predicted octanol–water partition coefficient (Wildman–Crippen LogP) is 4.37. The van der Waals surface area contributed by atoms with E-state index >= 15 is 0 Å². The third-order valence-electron chi connectivity index (χ3n) is 5.31. The van der Waals surface area contributed by atoms with Gasteiger partial charge in [-0.15, -0.1) is 0 Å². The SMILES string of the molecule is COc1ccc2ncc(S(=O)(=O)c3ccc(C)cc3)c(N3CCCCC3)c2c1. The minimum absolute atomic E-state index is 0.263. The number of ether oxygens (including phenoxy) is 1. The number of rotatable bonds is 4. The van der Waals surface area contributed by atoms with Crippen LogP contribution in [0.2, 0.25) is 0 Å². The minimum Gasteiger partial charge on any atom is -0.497 e. The molecule has 1 aliphatic rings. The highest BCUT2D eigenvalue weighted by Crippen LogP contribution is 2.38. The van der Waals surface area contributed by atoms with Gasteiger partial charge in [0.1, 0.15) is 10.6 Å². The van der Waals surface area contributed by atoms with Crippen molar-refractivity contribution in [3.63, 3.8) is 0 Å². The van der Waals surface area contributed by atoms with Crippen LogP contribution in [0.5, 0.6) is 5.75 Å². The Labute approximate surface area is 165 Å². The van der Waals surface area contributed by atoms with Crippen molar-refractivity contribution >= 4 is 26.4 Å². The van der Waals surface area contributed by atoms with Crippen molar-refractivity contribution < 1.29 is 13.2 Å². The third kappa shape index (κ3) is 3.33. The van der Waals surface area contributed by atoms with E-state index in [-0.39, 0.29) is 4.90 Å². The Morgan fingerprint density at radius 1 is 1.00 bits per heavy atom. The molecule has 28 heavy (non-hydrogen) atoms. The summed E-state index contributed by atoms with van der Waals surface area (Å²) >= 11 is 0. The van der Waals surface area contributed by atoms with E-state index in [1.165, 1.54) is 12.6 Å². The maximum atomic E-state index is 13.5. The number of piperidine rings is 1. The molecule has 0 spiro atoms. The number of fused-ring (bicyclic) bond motifs is 1. The molecule has 1 aliphatic heterocycles. The molecule has 0 bridgehead atoms. The van der Waals surface area contributed by atoms with E-state index < -0.39 is 9.84 Å². The number of hydrogen-bond donors (Lipinski definition) is 0. The van der Waals surface area contributed by atoms with E-state index in [4.69, 9.17) is 4.74 Å². The molecule has 0 radical (unpaired) electrons. The molecule has 3 aromatic rings. The van der Waals surface area contributed by atoms with E-state index in [2.05, 4.69) is 9.88 Å². The van der Waals surface area contributed by atoms with E-state index in [9.17, 15) is 8.42 Å². The van der Waals surface area contributed by atoms with Gasteiger partial charge in [-0.05, 0) is 56.5 Å². The fourth-order valence-corrected chi connectivity index (χ4v) is 5.18. The largest absolute Gasteiger partial charge is 0.497 e. The average Bonchev–Trinajstić information content (AvgIpc) is 2.73. The van der Waals surface area contributed by atoms with E-state index in [0.29, 0.717) is 10.6 Å². The highest BCUT2D eigenvalue weighted by Gasteiger charge is 2.27. The Morgan fingerprint density at radius 2 is 1.71 bits per heavy atom. The molecule has 1 fully saturated rings. The first-order chi connectivity index (χ1) is 13.5. The molecular formula is C22H24N2O3S. The van der Waals surface area contributed by atoms with Crippen LogP contribution < -0.4 is 9.64 Å². The maximum absolute atomic E-state index is 13.5. The Kier molecular flexibility index (Phi) is 4.98. The molecule has 146 valence electrons. The fraction of sp³-hybridized carbons (Fsp3) is 0.318. The number of benzene rings is 2. The second kappa shape index (κ2) is 7.43. The monoisotopic (exact) mass is 396 g/mol. The molecule has 0 aliphatic carbocycles. The summed E-state index contributed by atoms with van der Waals surface area (Å²) in [7, 11) is -2.08. The van der Waals surface area contributed by atoms with Gasteiger partial charge in [-0.2, -0.15) is 0 Å². The number of pyridine rings is 1. The number of aromatic nitrogens is 1. The van der Waals surface area contributed by atoms with E-state index in [1.807, 2.05) is 37.3 Å². The summed E-state index contributed by atoms with van der Waals surface area (Å²) in [6.07, 6.45) is 4.78. The third-order valence-corrected chi connectivity index (χ3v) is 7.08. The van der Waals surface area contributed by atoms with E-state index in [0.717, 1.165) is 48.1 Å². The van der Waals surface area contributed by atoms with Gasteiger partial charge in [0.15, 0.2) is 0 Å². The molecular weight excluding hydrogens is 372 g/mol. The Balaban J connectivity index is 1.97. The first-order valence-corrected chi connectivity index (χ1v) is 11.0. The van der Waals surface area contributed by atoms with Crippen LogP contribution in [-0.2, 0) is 9.84 Å². The van der Waals surface area contributed by atoms with E-state index in [1.54, 1.807) is 19.2 Å². The highest BCUT2D eigenvalue weighted by molar-refractivity contribution is 7.91. The lowest BCUT2D eigenvalue weighted by Crippen LogP contribution is -2.31. The van der Waals surface area contributed by atoms with Crippen LogP contribution in [0.4, 0.5) is 5.69 Å². The number of anilines is 1. The predicted molar refractivity (Wildman–Crippen MR) is 111 cm³/mol. The normalized spacial score (nSPS) is 15.0. The molecule has 0 amide bonds. The van der Waals surface area contributed by atoms with Crippen molar-refractivity contribution in [2.45, 2.75) is 36.0 Å². The minimum atomic E-state index is -3.69. The van der Waals surface area contributed by atoms with Crippen molar-refractivity contribution in [1.29, 1.82) is 0 Å². The second-order valence-corrected chi connectivity index (χ2v) is 9.14. The van der Waals surface area contributed by atoms with Crippen LogP contribution in [0.15, 0.2) is 58.5 Å². The molecule has 0 atom stereocenters. The van der Waals surface area contributed by atoms with Gasteiger partial charge >= 0.3 is 0 Å². The molecule has 0 saturated carbocycles. The zero-order chi connectivity index (χ0) is 19.7. The van der Waals surface area contributed by atoms with Crippen LogP contribution in [0.25, 0.3) is 10.9 Å². The zero-order valence-electron chi connectivity index (χ0n) is 16.2. The molecule has 5 nitrogen and oxygen atoms in total. The number of hydrogen-bond acceptors (Lipinski definition) is 5. The zero-order valence-corrected chi connectivity index (χ0v) is 17.0. The average molecular weight is 397 g/mol. The van der Waals surface area contributed by atoms with Crippen LogP contribution in [0, 0.1) is 6.92 Å². The topological polar surface area (TPSA) is 59.5 Å². The van der Waals surface area contributed by atoms with Crippen LogP contribution in [-0.4, -0.2) is 33.6 Å². The standard InChI is InChI=1S/C22H24N2O3S/c1-16-6-9-18(10-7-16)28(25,26)21-15-23-20-11-8-17(27-2)14-19(20)22(21)24-12-4-3-5-13-24/h6-11,14-15H,3-5,12-13H2,1-2H3. The van der Waals surface area contributed by atoms with Crippen molar-refractivity contribution in [3.05, 3.63) is 54.2 Å². The Bertz CT molecular complexity index is 1100. The van der Waals surface area contributed by atoms with Crippen molar-refractivity contribution in [3.8, 4) is 5.75 Å². The lowest BCUT2D eigenvalue weighted by Gasteiger charge is -2.31. The molecule has 0 unspecified atom stereocenters. The number of aryl methyl sites for hydroxylation is 1. The van der Waals surface area contributed by atoms with Gasteiger partial charge in [0.05, 0.1) is 23.2 Å². The first-order valence-electron chi connectivity index (χ1n) is 9.54. The van der Waals surface area contributed by atoms with Gasteiger partial charge in [0.2, 0.25) is 9.84 Å². The first kappa shape index (κ1) is 18.7. The summed E-state index contributed by atoms with van der Waals surface area (Å²) in [5.41, 5.74) is 2.53. The smallest absolute Gasteiger partial charge is 0.210 e. The summed E-state index contributed by atoms with van der Waals surface area (Å²) < 4.78 is 32.4. The van der Waals surface area contributed by atoms with Gasteiger partial charge in [-0.3, -0.25) is 4.98 Å². The number of nitrogens with zero attached hydrogens (tertiary/aromatic N) is 2. The van der Waals surface area contributed by atoms with Gasteiger partial charge in [0, 0.05) is 24.7 Å². The number of sulfone groups is 1. The van der Waals surface area contributed by atoms with Crippen LogP contribution in [0.1, 0.15) is 24.8 Å². The Hall–Kier alpha value is -2.60. The van der Waals surface area contributed by atoms with Crippen molar-refractivity contribution in [2.75, 3.05) is 25.1 Å². The quantitative estimate of drug-likeness (QED) is 0.655. The molecule has 4 rings (SSSR count). The lowest BCUT2D eigenvalue weighted by atomic mass is 10.1. The number of methoxy groups -OCH3 is 1. The molecule has 2 heterocycles. The molecule has 2 aromatic carbocycles. The summed E-state index contributed by atoms with van der Waals surface area (Å²) in [5.74, 6) is 0.692. The molecule has 0 N–H and O–H groups in total. The molecule has 1 saturated heterocycles. The molecule has 6 heteroatoms. The van der Waals surface area contributed by atoms with Crippen LogP contribution >= 0.6 is 0 Å². The van der Waals surface area contributed by atoms with Gasteiger partial charge in [0.25, 0.3) is 0 Å². The van der Waals surface area contributed by atoms with Gasteiger partial charge < -0.3 is 9.64 Å². The lowest BCUT2D eigenvalue weighted by molar-refractivity contribution is 0.415. The molecule has 1 aromatic heterocycles. The summed E-state index contributed by atoms with van der Waals surface area (Å²) in [4.78, 5) is 7.20.